The predicted molar refractivity (Wildman–Crippen MR) is 74.9 cm³/mol. The smallest absolute Gasteiger partial charge is 0.128 e. The molecule has 0 bridgehead atoms. The molecule has 0 radical (unpaired) electrons. The van der Waals surface area contributed by atoms with Crippen LogP contribution < -0.4 is 10.2 Å². The molecule has 2 aromatic rings. The van der Waals surface area contributed by atoms with E-state index in [1.807, 2.05) is 24.4 Å². The Balaban J connectivity index is 1.47. The molecule has 2 N–H and O–H groups in total. The molecule has 3 heterocycles. The van der Waals surface area contributed by atoms with E-state index in [-0.39, 0.29) is 0 Å². The van der Waals surface area contributed by atoms with E-state index < -0.39 is 0 Å². The second-order valence-electron chi connectivity index (χ2n) is 4.91. The summed E-state index contributed by atoms with van der Waals surface area (Å²) in [5, 5.41) is 10.5. The van der Waals surface area contributed by atoms with E-state index in [4.69, 9.17) is 0 Å². The molecule has 3 rings (SSSR count). The standard InChI is InChI=1S/C14H19N5/c1-2-7-15-14(3-1)19-9-5-12(6-10-19)16-11-13-4-8-17-18-13/h1-4,7-8,12,16H,5-6,9-11H2,(H,17,18). The molecule has 100 valence electrons. The van der Waals surface area contributed by atoms with Gasteiger partial charge in [0.05, 0.1) is 0 Å². The molecule has 0 aromatic carbocycles. The molecule has 0 unspecified atom stereocenters. The van der Waals surface area contributed by atoms with Crippen molar-refractivity contribution in [1.29, 1.82) is 0 Å². The van der Waals surface area contributed by atoms with E-state index in [9.17, 15) is 0 Å². The van der Waals surface area contributed by atoms with Gasteiger partial charge in [-0.3, -0.25) is 5.10 Å². The van der Waals surface area contributed by atoms with E-state index in [0.29, 0.717) is 6.04 Å². The van der Waals surface area contributed by atoms with Gasteiger partial charge in [0, 0.05) is 43.8 Å². The highest BCUT2D eigenvalue weighted by molar-refractivity contribution is 5.38. The minimum atomic E-state index is 0.586. The van der Waals surface area contributed by atoms with Gasteiger partial charge in [-0.25, -0.2) is 4.98 Å². The molecule has 1 saturated heterocycles. The normalized spacial score (nSPS) is 16.7. The Kier molecular flexibility index (Phi) is 3.74. The van der Waals surface area contributed by atoms with Gasteiger partial charge in [0.1, 0.15) is 5.82 Å². The lowest BCUT2D eigenvalue weighted by Gasteiger charge is -2.33. The molecule has 1 aliphatic rings. The van der Waals surface area contributed by atoms with Gasteiger partial charge in [-0.2, -0.15) is 5.10 Å². The number of nitrogens with one attached hydrogen (secondary N) is 2. The lowest BCUT2D eigenvalue weighted by Crippen LogP contribution is -2.42. The van der Waals surface area contributed by atoms with Gasteiger partial charge in [0.2, 0.25) is 0 Å². The Morgan fingerprint density at radius 2 is 2.11 bits per heavy atom. The summed E-state index contributed by atoms with van der Waals surface area (Å²) in [6.07, 6.45) is 5.97. The highest BCUT2D eigenvalue weighted by atomic mass is 15.2. The molecule has 5 heteroatoms. The maximum Gasteiger partial charge on any atom is 0.128 e. The first-order valence-corrected chi connectivity index (χ1v) is 6.79. The Morgan fingerprint density at radius 3 is 2.79 bits per heavy atom. The number of anilines is 1. The topological polar surface area (TPSA) is 56.8 Å². The van der Waals surface area contributed by atoms with Crippen LogP contribution in [0.5, 0.6) is 0 Å². The van der Waals surface area contributed by atoms with Crippen molar-refractivity contribution in [3.8, 4) is 0 Å². The third kappa shape index (κ3) is 3.12. The fraction of sp³-hybridized carbons (Fsp3) is 0.429. The maximum atomic E-state index is 4.41. The molecular formula is C14H19N5. The van der Waals surface area contributed by atoms with Gasteiger partial charge >= 0.3 is 0 Å². The molecule has 1 aliphatic heterocycles. The van der Waals surface area contributed by atoms with Crippen molar-refractivity contribution < 1.29 is 0 Å². The number of nitrogens with zero attached hydrogens (tertiary/aromatic N) is 3. The zero-order valence-corrected chi connectivity index (χ0v) is 10.9. The van der Waals surface area contributed by atoms with Crippen LogP contribution in [0.4, 0.5) is 5.82 Å². The van der Waals surface area contributed by atoms with Crippen LogP contribution in [0.15, 0.2) is 36.7 Å². The summed E-state index contributed by atoms with van der Waals surface area (Å²) in [6.45, 7) is 3.00. The quantitative estimate of drug-likeness (QED) is 0.873. The summed E-state index contributed by atoms with van der Waals surface area (Å²) in [5.41, 5.74) is 1.15. The lowest BCUT2D eigenvalue weighted by atomic mass is 10.0. The van der Waals surface area contributed by atoms with Crippen LogP contribution in [0, 0.1) is 0 Å². The van der Waals surface area contributed by atoms with E-state index in [2.05, 4.69) is 31.5 Å². The van der Waals surface area contributed by atoms with Crippen molar-refractivity contribution in [2.45, 2.75) is 25.4 Å². The second-order valence-corrected chi connectivity index (χ2v) is 4.91. The van der Waals surface area contributed by atoms with E-state index in [1.54, 1.807) is 6.20 Å². The molecule has 0 amide bonds. The fourth-order valence-electron chi connectivity index (χ4n) is 2.49. The first-order chi connectivity index (χ1) is 9.42. The van der Waals surface area contributed by atoms with E-state index in [1.165, 1.54) is 0 Å². The average Bonchev–Trinajstić information content (AvgIpc) is 3.00. The van der Waals surface area contributed by atoms with Crippen LogP contribution in [-0.4, -0.2) is 34.3 Å². The number of hydrogen-bond donors (Lipinski definition) is 2. The fourth-order valence-corrected chi connectivity index (χ4v) is 2.49. The summed E-state index contributed by atoms with van der Waals surface area (Å²) in [5.74, 6) is 1.09. The Hall–Kier alpha value is -1.88. The summed E-state index contributed by atoms with van der Waals surface area (Å²) in [4.78, 5) is 6.76. The number of H-pyrrole nitrogens is 1. The predicted octanol–water partition coefficient (Wildman–Crippen LogP) is 1.56. The summed E-state index contributed by atoms with van der Waals surface area (Å²) in [6, 6.07) is 8.69. The third-order valence-electron chi connectivity index (χ3n) is 3.61. The van der Waals surface area contributed by atoms with Crippen molar-refractivity contribution in [3.05, 3.63) is 42.4 Å². The minimum Gasteiger partial charge on any atom is -0.357 e. The zero-order chi connectivity index (χ0) is 12.9. The molecule has 0 aliphatic carbocycles. The minimum absolute atomic E-state index is 0.586. The molecule has 0 saturated carbocycles. The van der Waals surface area contributed by atoms with Crippen molar-refractivity contribution in [2.75, 3.05) is 18.0 Å². The van der Waals surface area contributed by atoms with Gasteiger partial charge < -0.3 is 10.2 Å². The number of rotatable bonds is 4. The number of aromatic nitrogens is 3. The molecule has 19 heavy (non-hydrogen) atoms. The highest BCUT2D eigenvalue weighted by Crippen LogP contribution is 2.17. The van der Waals surface area contributed by atoms with Gasteiger partial charge in [0.15, 0.2) is 0 Å². The molecule has 0 atom stereocenters. The number of piperidine rings is 1. The van der Waals surface area contributed by atoms with Crippen LogP contribution in [-0.2, 0) is 6.54 Å². The highest BCUT2D eigenvalue weighted by Gasteiger charge is 2.19. The van der Waals surface area contributed by atoms with Crippen LogP contribution in [0.25, 0.3) is 0 Å². The number of aromatic amines is 1. The largest absolute Gasteiger partial charge is 0.357 e. The molecule has 5 nitrogen and oxygen atoms in total. The Bertz CT molecular complexity index is 474. The van der Waals surface area contributed by atoms with Gasteiger partial charge in [-0.05, 0) is 31.0 Å². The van der Waals surface area contributed by atoms with Crippen molar-refractivity contribution in [3.63, 3.8) is 0 Å². The van der Waals surface area contributed by atoms with Crippen LogP contribution in [0.3, 0.4) is 0 Å². The summed E-state index contributed by atoms with van der Waals surface area (Å²) in [7, 11) is 0. The molecule has 1 fully saturated rings. The van der Waals surface area contributed by atoms with Crippen LogP contribution in [0.2, 0.25) is 0 Å². The van der Waals surface area contributed by atoms with E-state index in [0.717, 1.165) is 44.0 Å². The van der Waals surface area contributed by atoms with Crippen molar-refractivity contribution in [1.82, 2.24) is 20.5 Å². The summed E-state index contributed by atoms with van der Waals surface area (Å²) < 4.78 is 0. The Labute approximate surface area is 113 Å². The van der Waals surface area contributed by atoms with Crippen LogP contribution >= 0.6 is 0 Å². The van der Waals surface area contributed by atoms with Crippen molar-refractivity contribution in [2.24, 2.45) is 0 Å². The second kappa shape index (κ2) is 5.84. The molecular weight excluding hydrogens is 238 g/mol. The SMILES string of the molecule is c1ccc(N2CCC(NCc3ccn[nH]3)CC2)nc1. The monoisotopic (exact) mass is 257 g/mol. The lowest BCUT2D eigenvalue weighted by molar-refractivity contribution is 0.410. The van der Waals surface area contributed by atoms with Crippen molar-refractivity contribution >= 4 is 5.82 Å². The maximum absolute atomic E-state index is 4.41. The molecule has 0 spiro atoms. The first kappa shape index (κ1) is 12.2. The van der Waals surface area contributed by atoms with E-state index >= 15 is 0 Å². The average molecular weight is 257 g/mol. The molecule has 2 aromatic heterocycles. The zero-order valence-electron chi connectivity index (χ0n) is 10.9. The van der Waals surface area contributed by atoms with Gasteiger partial charge in [0.25, 0.3) is 0 Å². The number of hydrogen-bond acceptors (Lipinski definition) is 4. The summed E-state index contributed by atoms with van der Waals surface area (Å²) >= 11 is 0. The number of pyridine rings is 1. The first-order valence-electron chi connectivity index (χ1n) is 6.79. The Morgan fingerprint density at radius 1 is 1.21 bits per heavy atom. The third-order valence-corrected chi connectivity index (χ3v) is 3.61. The van der Waals surface area contributed by atoms with Gasteiger partial charge in [-0.1, -0.05) is 6.07 Å². The van der Waals surface area contributed by atoms with Gasteiger partial charge in [-0.15, -0.1) is 0 Å². The van der Waals surface area contributed by atoms with Crippen LogP contribution in [0.1, 0.15) is 18.5 Å².